The quantitative estimate of drug-likeness (QED) is 0.156. The normalized spacial score (nSPS) is 12.3. The van der Waals surface area contributed by atoms with E-state index in [1.807, 2.05) is 4.72 Å². The van der Waals surface area contributed by atoms with Crippen molar-refractivity contribution < 1.29 is 22.9 Å². The summed E-state index contributed by atoms with van der Waals surface area (Å²) < 4.78 is 26.3. The van der Waals surface area contributed by atoms with Crippen LogP contribution in [0.5, 0.6) is 0 Å². The van der Waals surface area contributed by atoms with Gasteiger partial charge in [0.2, 0.25) is 15.9 Å². The van der Waals surface area contributed by atoms with E-state index in [1.54, 1.807) is 10.9 Å². The summed E-state index contributed by atoms with van der Waals surface area (Å²) in [5, 5.41) is 10.5. The van der Waals surface area contributed by atoms with E-state index < -0.39 is 39.2 Å². The van der Waals surface area contributed by atoms with Gasteiger partial charge in [0.1, 0.15) is 6.04 Å². The fraction of sp³-hybridized carbons (Fsp3) is 0.200. The summed E-state index contributed by atoms with van der Waals surface area (Å²) in [5.41, 5.74) is 3.16. The maximum absolute atomic E-state index is 12.1. The van der Waals surface area contributed by atoms with E-state index in [0.717, 1.165) is 24.3 Å². The molecule has 0 spiro atoms. The molecule has 1 atom stereocenters. The number of nitro benzene ring substituents is 1. The summed E-state index contributed by atoms with van der Waals surface area (Å²) in [6.07, 6.45) is -0.592. The van der Waals surface area contributed by atoms with Crippen LogP contribution in [0.1, 0.15) is 6.42 Å². The zero-order chi connectivity index (χ0) is 17.6. The summed E-state index contributed by atoms with van der Waals surface area (Å²) in [6, 6.07) is 2.43. The maximum Gasteiger partial charge on any atom is 0.269 e. The Morgan fingerprint density at radius 3 is 2.17 bits per heavy atom. The number of nitrogens with two attached hydrogens (primary N) is 2. The van der Waals surface area contributed by atoms with Crippen molar-refractivity contribution in [2.75, 3.05) is 0 Å². The van der Waals surface area contributed by atoms with Crippen LogP contribution in [0.15, 0.2) is 29.2 Å². The molecule has 0 unspecified atom stereocenters. The van der Waals surface area contributed by atoms with Gasteiger partial charge < -0.3 is 0 Å². The first kappa shape index (κ1) is 18.4. The molecule has 126 valence electrons. The van der Waals surface area contributed by atoms with Crippen molar-refractivity contribution in [2.45, 2.75) is 17.4 Å². The van der Waals surface area contributed by atoms with Crippen LogP contribution < -0.4 is 27.3 Å². The van der Waals surface area contributed by atoms with Crippen LogP contribution in [0.25, 0.3) is 0 Å². The average molecular weight is 346 g/mol. The minimum Gasteiger partial charge on any atom is -0.294 e. The van der Waals surface area contributed by atoms with Crippen molar-refractivity contribution in [3.8, 4) is 0 Å². The number of non-ortho nitro benzene ring substituents is 1. The largest absolute Gasteiger partial charge is 0.294 e. The molecule has 12 nitrogen and oxygen atoms in total. The Bertz CT molecular complexity index is 703. The molecule has 0 radical (unpaired) electrons. The first-order chi connectivity index (χ1) is 10.7. The molecule has 2 amide bonds. The number of nitro groups is 1. The van der Waals surface area contributed by atoms with Crippen LogP contribution in [-0.4, -0.2) is 31.2 Å². The van der Waals surface area contributed by atoms with Crippen molar-refractivity contribution in [3.05, 3.63) is 34.4 Å². The molecule has 1 aromatic carbocycles. The molecule has 0 aliphatic carbocycles. The number of nitrogens with zero attached hydrogens (tertiary/aromatic N) is 1. The molecule has 23 heavy (non-hydrogen) atoms. The van der Waals surface area contributed by atoms with Crippen LogP contribution in [0.4, 0.5) is 5.69 Å². The van der Waals surface area contributed by atoms with Gasteiger partial charge in [0.25, 0.3) is 11.6 Å². The highest BCUT2D eigenvalue weighted by Crippen LogP contribution is 2.16. The summed E-state index contributed by atoms with van der Waals surface area (Å²) in [6.45, 7) is 0. The van der Waals surface area contributed by atoms with Crippen molar-refractivity contribution in [1.82, 2.24) is 15.6 Å². The van der Waals surface area contributed by atoms with Gasteiger partial charge in [-0.2, -0.15) is 4.72 Å². The maximum atomic E-state index is 12.1. The Balaban J connectivity index is 3.02. The van der Waals surface area contributed by atoms with Gasteiger partial charge in [-0.15, -0.1) is 0 Å². The lowest BCUT2D eigenvalue weighted by molar-refractivity contribution is -0.384. The highest BCUT2D eigenvalue weighted by molar-refractivity contribution is 7.89. The number of nitrogens with one attached hydrogen (secondary N) is 3. The standard InChI is InChI=1S/C10H14N6O6S/c11-13-9(17)5-8(10(18)14-12)15-23(21,22)7-3-1-6(2-4-7)16(19)20/h1-4,8,15H,5,11-12H2,(H,13,17)(H,14,18)/t8-/m0/s1. The predicted molar refractivity (Wildman–Crippen MR) is 76.5 cm³/mol. The van der Waals surface area contributed by atoms with Gasteiger partial charge in [0.15, 0.2) is 0 Å². The van der Waals surface area contributed by atoms with E-state index in [1.165, 1.54) is 0 Å². The van der Waals surface area contributed by atoms with E-state index in [0.29, 0.717) is 0 Å². The Kier molecular flexibility index (Phi) is 6.09. The first-order valence-corrected chi connectivity index (χ1v) is 7.46. The number of hydrazine groups is 2. The summed E-state index contributed by atoms with van der Waals surface area (Å²) >= 11 is 0. The minimum absolute atomic E-state index is 0.303. The molecular formula is C10H14N6O6S. The Morgan fingerprint density at radius 1 is 1.17 bits per heavy atom. The third-order valence-electron chi connectivity index (χ3n) is 2.66. The minimum atomic E-state index is -4.22. The fourth-order valence-corrected chi connectivity index (χ4v) is 2.73. The predicted octanol–water partition coefficient (Wildman–Crippen LogP) is -2.39. The van der Waals surface area contributed by atoms with Crippen LogP contribution in [0.2, 0.25) is 0 Å². The molecule has 13 heteroatoms. The molecule has 0 saturated carbocycles. The molecule has 0 aliphatic rings. The van der Waals surface area contributed by atoms with Crippen LogP contribution in [-0.2, 0) is 19.6 Å². The molecule has 0 saturated heterocycles. The third kappa shape index (κ3) is 4.96. The number of hydrogen-bond acceptors (Lipinski definition) is 8. The zero-order valence-corrected chi connectivity index (χ0v) is 12.4. The molecule has 0 bridgehead atoms. The summed E-state index contributed by atoms with van der Waals surface area (Å²) in [7, 11) is -4.22. The first-order valence-electron chi connectivity index (χ1n) is 5.98. The lowest BCUT2D eigenvalue weighted by atomic mass is 10.2. The number of carbonyl (C=O) groups is 2. The monoisotopic (exact) mass is 346 g/mol. The van der Waals surface area contributed by atoms with E-state index in [4.69, 9.17) is 11.7 Å². The van der Waals surface area contributed by atoms with Crippen LogP contribution >= 0.6 is 0 Å². The Labute approximate surface area is 130 Å². The van der Waals surface area contributed by atoms with E-state index in [9.17, 15) is 28.1 Å². The third-order valence-corrected chi connectivity index (χ3v) is 4.15. The van der Waals surface area contributed by atoms with E-state index >= 15 is 0 Å². The second kappa shape index (κ2) is 7.59. The molecule has 0 aromatic heterocycles. The van der Waals surface area contributed by atoms with Gasteiger partial charge in [-0.3, -0.25) is 30.6 Å². The van der Waals surface area contributed by atoms with E-state index in [2.05, 4.69) is 0 Å². The number of carbonyl (C=O) groups excluding carboxylic acids is 2. The topological polar surface area (TPSA) is 200 Å². The summed E-state index contributed by atoms with van der Waals surface area (Å²) in [4.78, 5) is 32.3. The number of rotatable bonds is 7. The number of amides is 2. The number of hydrogen-bond donors (Lipinski definition) is 5. The molecule has 7 N–H and O–H groups in total. The lowest BCUT2D eigenvalue weighted by Gasteiger charge is -2.16. The molecule has 0 heterocycles. The van der Waals surface area contributed by atoms with Gasteiger partial charge in [-0.05, 0) is 12.1 Å². The zero-order valence-electron chi connectivity index (χ0n) is 11.6. The molecule has 0 aliphatic heterocycles. The van der Waals surface area contributed by atoms with Gasteiger partial charge in [-0.1, -0.05) is 0 Å². The highest BCUT2D eigenvalue weighted by atomic mass is 32.2. The molecule has 0 fully saturated rings. The molecular weight excluding hydrogens is 332 g/mol. The Morgan fingerprint density at radius 2 is 1.74 bits per heavy atom. The van der Waals surface area contributed by atoms with Gasteiger partial charge >= 0.3 is 0 Å². The van der Waals surface area contributed by atoms with Crippen molar-refractivity contribution in [2.24, 2.45) is 11.7 Å². The molecule has 1 rings (SSSR count). The van der Waals surface area contributed by atoms with Gasteiger partial charge in [-0.25, -0.2) is 20.1 Å². The Hall–Kier alpha value is -2.61. The fourth-order valence-electron chi connectivity index (χ4n) is 1.54. The number of sulfonamides is 1. The second-order valence-electron chi connectivity index (χ2n) is 4.21. The van der Waals surface area contributed by atoms with Crippen molar-refractivity contribution in [1.29, 1.82) is 0 Å². The van der Waals surface area contributed by atoms with Crippen LogP contribution in [0.3, 0.4) is 0 Å². The van der Waals surface area contributed by atoms with Crippen molar-refractivity contribution in [3.63, 3.8) is 0 Å². The number of benzene rings is 1. The average Bonchev–Trinajstić information content (AvgIpc) is 2.53. The second-order valence-corrected chi connectivity index (χ2v) is 5.92. The van der Waals surface area contributed by atoms with Gasteiger partial charge in [0.05, 0.1) is 16.2 Å². The van der Waals surface area contributed by atoms with Crippen LogP contribution in [0, 0.1) is 10.1 Å². The summed E-state index contributed by atoms with van der Waals surface area (Å²) in [5.74, 6) is 8.05. The lowest BCUT2D eigenvalue weighted by Crippen LogP contribution is -2.51. The van der Waals surface area contributed by atoms with E-state index in [-0.39, 0.29) is 10.6 Å². The molecule has 1 aromatic rings. The highest BCUT2D eigenvalue weighted by Gasteiger charge is 2.27. The smallest absolute Gasteiger partial charge is 0.269 e. The van der Waals surface area contributed by atoms with Crippen molar-refractivity contribution >= 4 is 27.5 Å². The van der Waals surface area contributed by atoms with Gasteiger partial charge in [0, 0.05) is 12.1 Å². The SMILES string of the molecule is NNC(=O)C[C@H](NS(=O)(=O)c1ccc([N+](=O)[O-])cc1)C(=O)NN.